The minimum Gasteiger partial charge on any atom is -0.493 e. The number of aromatic nitrogens is 2. The van der Waals surface area contributed by atoms with E-state index < -0.39 is 0 Å². The Balaban J connectivity index is 1.55. The van der Waals surface area contributed by atoms with Crippen molar-refractivity contribution in [2.45, 2.75) is 46.1 Å². The first-order valence-corrected chi connectivity index (χ1v) is 12.3. The highest BCUT2D eigenvalue weighted by atomic mass is 35.5. The molecule has 1 heterocycles. The van der Waals surface area contributed by atoms with Crippen LogP contribution in [0.3, 0.4) is 0 Å². The molecule has 0 aliphatic heterocycles. The minimum atomic E-state index is -0.0948. The number of hydrogen-bond acceptors (Lipinski definition) is 5. The van der Waals surface area contributed by atoms with Crippen LogP contribution in [-0.2, 0) is 13.5 Å². The Morgan fingerprint density at radius 3 is 2.18 bits per heavy atom. The summed E-state index contributed by atoms with van der Waals surface area (Å²) in [7, 11) is 1.85. The van der Waals surface area contributed by atoms with Crippen LogP contribution in [0.1, 0.15) is 36.6 Å². The molecule has 3 rings (SSSR count). The summed E-state index contributed by atoms with van der Waals surface area (Å²) < 4.78 is 13.8. The van der Waals surface area contributed by atoms with Crippen molar-refractivity contribution >= 4 is 11.6 Å². The molecule has 2 N–H and O–H groups in total. The molecule has 0 spiro atoms. The molecule has 0 aliphatic rings. The second kappa shape index (κ2) is 12.8. The van der Waals surface area contributed by atoms with Crippen LogP contribution < -0.4 is 14.8 Å². The second-order valence-corrected chi connectivity index (χ2v) is 8.90. The molecule has 0 fully saturated rings. The molecule has 7 heteroatoms. The summed E-state index contributed by atoms with van der Waals surface area (Å²) in [5, 5.41) is 13.7. The normalized spacial score (nSPS) is 12.1. The summed E-state index contributed by atoms with van der Waals surface area (Å²) in [6.45, 7) is 8.36. The number of halogens is 1. The predicted octanol–water partition coefficient (Wildman–Crippen LogP) is 5.11. The molecule has 0 bridgehead atoms. The summed E-state index contributed by atoms with van der Waals surface area (Å²) >= 11 is 6.24. The van der Waals surface area contributed by atoms with E-state index >= 15 is 0 Å². The predicted molar refractivity (Wildman–Crippen MR) is 138 cm³/mol. The van der Waals surface area contributed by atoms with Crippen LogP contribution in [0, 0.1) is 13.8 Å². The number of nitrogens with one attached hydrogen (secondary N) is 1. The van der Waals surface area contributed by atoms with Crippen LogP contribution in [0.5, 0.6) is 11.5 Å². The summed E-state index contributed by atoms with van der Waals surface area (Å²) in [5.74, 6) is 1.82. The van der Waals surface area contributed by atoms with E-state index in [1.807, 2.05) is 31.3 Å². The van der Waals surface area contributed by atoms with Crippen LogP contribution in [0.2, 0.25) is 5.15 Å². The lowest BCUT2D eigenvalue weighted by atomic mass is 9.95. The van der Waals surface area contributed by atoms with Crippen molar-refractivity contribution in [3.63, 3.8) is 0 Å². The lowest BCUT2D eigenvalue weighted by Crippen LogP contribution is -2.35. The number of aliphatic hydroxyl groups excluding tert-OH is 1. The molecule has 0 amide bonds. The van der Waals surface area contributed by atoms with E-state index in [4.69, 9.17) is 21.1 Å². The maximum Gasteiger partial charge on any atom is 0.131 e. The fraction of sp³-hybridized carbons (Fsp3) is 0.444. The SMILES string of the molecule is CCCOc1cccc(-c2cccc(OCCCN[C@@H](CO)Cc3ncn(C)c3Cl)c2C)c1C. The van der Waals surface area contributed by atoms with Crippen LogP contribution >= 0.6 is 11.6 Å². The summed E-state index contributed by atoms with van der Waals surface area (Å²) in [5.41, 5.74) is 5.37. The van der Waals surface area contributed by atoms with E-state index in [1.165, 1.54) is 0 Å². The van der Waals surface area contributed by atoms with Gasteiger partial charge in [-0.05, 0) is 67.6 Å². The van der Waals surface area contributed by atoms with Crippen LogP contribution in [0.15, 0.2) is 42.7 Å². The van der Waals surface area contributed by atoms with Crippen LogP contribution in [0.4, 0.5) is 0 Å². The average Bonchev–Trinajstić information content (AvgIpc) is 3.15. The van der Waals surface area contributed by atoms with Gasteiger partial charge in [0, 0.05) is 19.5 Å². The molecule has 2 aromatic carbocycles. The first kappa shape index (κ1) is 26.1. The highest BCUT2D eigenvalue weighted by molar-refractivity contribution is 6.30. The molecule has 0 saturated heterocycles. The van der Waals surface area contributed by atoms with E-state index in [-0.39, 0.29) is 12.6 Å². The Morgan fingerprint density at radius 2 is 1.65 bits per heavy atom. The van der Waals surface area contributed by atoms with E-state index in [9.17, 15) is 5.11 Å². The van der Waals surface area contributed by atoms with Gasteiger partial charge in [0.15, 0.2) is 0 Å². The third kappa shape index (κ3) is 6.53. The molecule has 0 aliphatic carbocycles. The Labute approximate surface area is 207 Å². The first-order valence-electron chi connectivity index (χ1n) is 11.9. The molecule has 0 saturated carbocycles. The van der Waals surface area contributed by atoms with Gasteiger partial charge in [-0.2, -0.15) is 0 Å². The van der Waals surface area contributed by atoms with Gasteiger partial charge >= 0.3 is 0 Å². The number of hydrogen-bond donors (Lipinski definition) is 2. The maximum atomic E-state index is 9.70. The molecular formula is C27H36ClN3O3. The fourth-order valence-corrected chi connectivity index (χ4v) is 4.10. The van der Waals surface area contributed by atoms with Gasteiger partial charge in [-0.3, -0.25) is 0 Å². The van der Waals surface area contributed by atoms with E-state index in [1.54, 1.807) is 10.9 Å². The van der Waals surface area contributed by atoms with Gasteiger partial charge in [0.05, 0.1) is 31.8 Å². The van der Waals surface area contributed by atoms with Gasteiger partial charge in [0.1, 0.15) is 16.7 Å². The van der Waals surface area contributed by atoms with Crippen molar-refractivity contribution in [2.24, 2.45) is 7.05 Å². The Hall–Kier alpha value is -2.54. The molecule has 6 nitrogen and oxygen atoms in total. The number of benzene rings is 2. The summed E-state index contributed by atoms with van der Waals surface area (Å²) in [6, 6.07) is 12.3. The molecule has 1 atom stereocenters. The van der Waals surface area contributed by atoms with Crippen molar-refractivity contribution in [3.8, 4) is 22.6 Å². The van der Waals surface area contributed by atoms with E-state index in [0.717, 1.165) is 58.8 Å². The first-order chi connectivity index (χ1) is 16.5. The number of aryl methyl sites for hydroxylation is 1. The van der Waals surface area contributed by atoms with Gasteiger partial charge in [-0.1, -0.05) is 42.8 Å². The topological polar surface area (TPSA) is 68.5 Å². The number of imidazole rings is 1. The molecule has 3 aromatic rings. The molecule has 184 valence electrons. The monoisotopic (exact) mass is 485 g/mol. The second-order valence-electron chi connectivity index (χ2n) is 8.54. The maximum absolute atomic E-state index is 9.70. The number of aliphatic hydroxyl groups is 1. The quantitative estimate of drug-likeness (QED) is 0.329. The molecular weight excluding hydrogens is 450 g/mol. The van der Waals surface area contributed by atoms with Gasteiger partial charge in [-0.25, -0.2) is 4.98 Å². The third-order valence-electron chi connectivity index (χ3n) is 5.93. The molecule has 0 unspecified atom stereocenters. The van der Waals surface area contributed by atoms with Crippen LogP contribution in [0.25, 0.3) is 11.1 Å². The van der Waals surface area contributed by atoms with Crippen molar-refractivity contribution < 1.29 is 14.6 Å². The number of rotatable bonds is 13. The van der Waals surface area contributed by atoms with Crippen LogP contribution in [-0.4, -0.2) is 47.1 Å². The number of nitrogens with zero attached hydrogens (tertiary/aromatic N) is 2. The highest BCUT2D eigenvalue weighted by Crippen LogP contribution is 2.35. The molecule has 1 aromatic heterocycles. The zero-order chi connectivity index (χ0) is 24.5. The van der Waals surface area contributed by atoms with Gasteiger partial charge in [0.2, 0.25) is 0 Å². The lowest BCUT2D eigenvalue weighted by Gasteiger charge is -2.17. The molecule has 34 heavy (non-hydrogen) atoms. The highest BCUT2D eigenvalue weighted by Gasteiger charge is 2.14. The summed E-state index contributed by atoms with van der Waals surface area (Å²) in [4.78, 5) is 4.30. The Bertz CT molecular complexity index is 1070. The van der Waals surface area contributed by atoms with Gasteiger partial charge in [-0.15, -0.1) is 0 Å². The van der Waals surface area contributed by atoms with Crippen molar-refractivity contribution in [1.29, 1.82) is 0 Å². The smallest absolute Gasteiger partial charge is 0.131 e. The van der Waals surface area contributed by atoms with Gasteiger partial charge in [0.25, 0.3) is 0 Å². The van der Waals surface area contributed by atoms with E-state index in [2.05, 4.69) is 43.2 Å². The molecule has 0 radical (unpaired) electrons. The number of ether oxygens (including phenoxy) is 2. The van der Waals surface area contributed by atoms with Gasteiger partial charge < -0.3 is 24.5 Å². The van der Waals surface area contributed by atoms with Crippen molar-refractivity contribution in [2.75, 3.05) is 26.4 Å². The third-order valence-corrected chi connectivity index (χ3v) is 6.41. The van der Waals surface area contributed by atoms with Crippen molar-refractivity contribution in [1.82, 2.24) is 14.9 Å². The zero-order valence-electron chi connectivity index (χ0n) is 20.6. The lowest BCUT2D eigenvalue weighted by molar-refractivity contribution is 0.235. The minimum absolute atomic E-state index is 0.0231. The van der Waals surface area contributed by atoms with Crippen molar-refractivity contribution in [3.05, 3.63) is 64.7 Å². The Morgan fingerprint density at radius 1 is 1.03 bits per heavy atom. The summed E-state index contributed by atoms with van der Waals surface area (Å²) in [6.07, 6.45) is 4.07. The standard InChI is InChI=1S/C27H36ClN3O3/c1-5-14-33-25-11-6-9-22(19(25)2)23-10-7-12-26(20(23)3)34-15-8-13-29-21(17-32)16-24-27(28)31(4)18-30-24/h6-7,9-12,18,21,29,32H,5,8,13-17H2,1-4H3/t21-/m1/s1. The largest absolute Gasteiger partial charge is 0.493 e. The van der Waals surface area contributed by atoms with E-state index in [0.29, 0.717) is 24.8 Å². The average molecular weight is 486 g/mol. The fourth-order valence-electron chi connectivity index (χ4n) is 3.93. The zero-order valence-corrected chi connectivity index (χ0v) is 21.4. The Kier molecular flexibility index (Phi) is 9.81.